The summed E-state index contributed by atoms with van der Waals surface area (Å²) >= 11 is 0. The average molecular weight is 316 g/mol. The Kier molecular flexibility index (Phi) is 6.00. The first-order chi connectivity index (χ1) is 10.1. The van der Waals surface area contributed by atoms with Crippen LogP contribution in [0.4, 0.5) is 13.2 Å². The molecule has 0 aliphatic carbocycles. The van der Waals surface area contributed by atoms with Gasteiger partial charge in [0.2, 0.25) is 5.91 Å². The minimum Gasteiger partial charge on any atom is -0.345 e. The van der Waals surface area contributed by atoms with E-state index in [0.717, 1.165) is 0 Å². The van der Waals surface area contributed by atoms with Gasteiger partial charge in [-0.25, -0.2) is 0 Å². The van der Waals surface area contributed by atoms with Crippen molar-refractivity contribution in [3.8, 4) is 0 Å². The van der Waals surface area contributed by atoms with Crippen molar-refractivity contribution in [3.05, 3.63) is 35.9 Å². The molecule has 0 saturated heterocycles. The van der Waals surface area contributed by atoms with Crippen LogP contribution in [0.25, 0.3) is 0 Å². The Hall–Kier alpha value is -1.56. The van der Waals surface area contributed by atoms with Crippen molar-refractivity contribution in [1.29, 1.82) is 0 Å². The van der Waals surface area contributed by atoms with Crippen LogP contribution in [-0.2, 0) is 4.79 Å². The van der Waals surface area contributed by atoms with Gasteiger partial charge in [0, 0.05) is 20.0 Å². The van der Waals surface area contributed by atoms with Crippen molar-refractivity contribution in [2.24, 2.45) is 11.1 Å². The fourth-order valence-electron chi connectivity index (χ4n) is 2.23. The lowest BCUT2D eigenvalue weighted by atomic mass is 9.91. The van der Waals surface area contributed by atoms with Crippen LogP contribution in [0.5, 0.6) is 0 Å². The second kappa shape index (κ2) is 7.13. The van der Waals surface area contributed by atoms with E-state index < -0.39 is 24.4 Å². The van der Waals surface area contributed by atoms with Gasteiger partial charge < -0.3 is 10.6 Å². The Balaban J connectivity index is 2.85. The lowest BCUT2D eigenvalue weighted by Crippen LogP contribution is -2.41. The standard InChI is InChI=1S/C16H23F3N2O/c1-15(2,10-20)11-21(3)14(22)9-13(16(17,18)19)12-7-5-4-6-8-12/h4-8,13H,9-11,20H2,1-3H3. The van der Waals surface area contributed by atoms with Crippen LogP contribution < -0.4 is 5.73 Å². The van der Waals surface area contributed by atoms with Crippen molar-refractivity contribution in [3.63, 3.8) is 0 Å². The Labute approximate surface area is 129 Å². The second-order valence-corrected chi connectivity index (χ2v) is 6.33. The molecular formula is C16H23F3N2O. The SMILES string of the molecule is CN(CC(C)(C)CN)C(=O)CC(c1ccccc1)C(F)(F)F. The molecule has 124 valence electrons. The van der Waals surface area contributed by atoms with E-state index in [-0.39, 0.29) is 11.0 Å². The zero-order chi connectivity index (χ0) is 17.0. The van der Waals surface area contributed by atoms with Crippen molar-refractivity contribution in [1.82, 2.24) is 4.90 Å². The quantitative estimate of drug-likeness (QED) is 0.876. The van der Waals surface area contributed by atoms with E-state index in [0.29, 0.717) is 13.1 Å². The number of halogens is 3. The number of amides is 1. The average Bonchev–Trinajstić information content (AvgIpc) is 2.43. The first kappa shape index (κ1) is 18.5. The smallest absolute Gasteiger partial charge is 0.345 e. The number of carbonyl (C=O) groups excluding carboxylic acids is 1. The lowest BCUT2D eigenvalue weighted by Gasteiger charge is -2.30. The maximum atomic E-state index is 13.2. The van der Waals surface area contributed by atoms with Gasteiger partial charge in [0.05, 0.1) is 5.92 Å². The third kappa shape index (κ3) is 5.33. The Bertz CT molecular complexity index is 486. The molecule has 1 aromatic rings. The van der Waals surface area contributed by atoms with Crippen molar-refractivity contribution >= 4 is 5.91 Å². The van der Waals surface area contributed by atoms with E-state index in [9.17, 15) is 18.0 Å². The van der Waals surface area contributed by atoms with Gasteiger partial charge in [0.1, 0.15) is 0 Å². The van der Waals surface area contributed by atoms with Gasteiger partial charge in [0.25, 0.3) is 0 Å². The van der Waals surface area contributed by atoms with Crippen molar-refractivity contribution in [2.45, 2.75) is 32.4 Å². The van der Waals surface area contributed by atoms with E-state index in [1.54, 1.807) is 18.2 Å². The fraction of sp³-hybridized carbons (Fsp3) is 0.562. The van der Waals surface area contributed by atoms with E-state index in [1.807, 2.05) is 13.8 Å². The Morgan fingerprint density at radius 2 is 1.77 bits per heavy atom. The summed E-state index contributed by atoms with van der Waals surface area (Å²) in [7, 11) is 1.51. The number of hydrogen-bond donors (Lipinski definition) is 1. The summed E-state index contributed by atoms with van der Waals surface area (Å²) in [6.45, 7) is 4.41. The van der Waals surface area contributed by atoms with Crippen LogP contribution in [0.2, 0.25) is 0 Å². The number of carbonyl (C=O) groups is 1. The molecule has 22 heavy (non-hydrogen) atoms. The molecule has 3 nitrogen and oxygen atoms in total. The molecule has 1 rings (SSSR count). The zero-order valence-electron chi connectivity index (χ0n) is 13.2. The van der Waals surface area contributed by atoms with Gasteiger partial charge in [-0.1, -0.05) is 44.2 Å². The number of rotatable bonds is 6. The molecule has 1 amide bonds. The Morgan fingerprint density at radius 3 is 2.23 bits per heavy atom. The molecule has 0 aliphatic heterocycles. The summed E-state index contributed by atoms with van der Waals surface area (Å²) in [6.07, 6.45) is -5.05. The molecule has 0 heterocycles. The van der Waals surface area contributed by atoms with Gasteiger partial charge in [0.15, 0.2) is 0 Å². The van der Waals surface area contributed by atoms with Crippen molar-refractivity contribution in [2.75, 3.05) is 20.1 Å². The number of nitrogens with zero attached hydrogens (tertiary/aromatic N) is 1. The predicted octanol–water partition coefficient (Wildman–Crippen LogP) is 3.17. The first-order valence-corrected chi connectivity index (χ1v) is 7.12. The largest absolute Gasteiger partial charge is 0.396 e. The molecule has 2 N–H and O–H groups in total. The van der Waals surface area contributed by atoms with Gasteiger partial charge in [-0.15, -0.1) is 0 Å². The molecule has 0 spiro atoms. The number of nitrogens with two attached hydrogens (primary N) is 1. The zero-order valence-corrected chi connectivity index (χ0v) is 13.2. The summed E-state index contributed by atoms with van der Waals surface area (Å²) in [5.41, 5.74) is 5.38. The highest BCUT2D eigenvalue weighted by Gasteiger charge is 2.42. The summed E-state index contributed by atoms with van der Waals surface area (Å²) in [6, 6.07) is 7.53. The van der Waals surface area contributed by atoms with E-state index in [4.69, 9.17) is 5.73 Å². The molecule has 1 atom stereocenters. The number of benzene rings is 1. The molecule has 0 fully saturated rings. The van der Waals surface area contributed by atoms with Crippen LogP contribution in [-0.4, -0.2) is 37.1 Å². The third-order valence-corrected chi connectivity index (χ3v) is 3.62. The molecule has 6 heteroatoms. The van der Waals surface area contributed by atoms with Crippen LogP contribution >= 0.6 is 0 Å². The van der Waals surface area contributed by atoms with Crippen LogP contribution in [0.1, 0.15) is 31.7 Å². The molecule has 0 aromatic heterocycles. The highest BCUT2D eigenvalue weighted by Crippen LogP contribution is 2.37. The van der Waals surface area contributed by atoms with Crippen LogP contribution in [0, 0.1) is 5.41 Å². The van der Waals surface area contributed by atoms with Crippen molar-refractivity contribution < 1.29 is 18.0 Å². The second-order valence-electron chi connectivity index (χ2n) is 6.33. The maximum Gasteiger partial charge on any atom is 0.396 e. The van der Waals surface area contributed by atoms with Gasteiger partial charge >= 0.3 is 6.18 Å². The van der Waals surface area contributed by atoms with Gasteiger partial charge in [-0.3, -0.25) is 4.79 Å². The first-order valence-electron chi connectivity index (χ1n) is 7.12. The topological polar surface area (TPSA) is 46.3 Å². The third-order valence-electron chi connectivity index (χ3n) is 3.62. The number of hydrogen-bond acceptors (Lipinski definition) is 2. The van der Waals surface area contributed by atoms with Crippen LogP contribution in [0.15, 0.2) is 30.3 Å². The lowest BCUT2D eigenvalue weighted by molar-refractivity contribution is -0.160. The summed E-state index contributed by atoms with van der Waals surface area (Å²) < 4.78 is 39.7. The monoisotopic (exact) mass is 316 g/mol. The van der Waals surface area contributed by atoms with E-state index >= 15 is 0 Å². The Morgan fingerprint density at radius 1 is 1.23 bits per heavy atom. The number of alkyl halides is 3. The summed E-state index contributed by atoms with van der Waals surface area (Å²) in [4.78, 5) is 13.5. The molecule has 0 radical (unpaired) electrons. The van der Waals surface area contributed by atoms with Gasteiger partial charge in [-0.2, -0.15) is 13.2 Å². The minimum absolute atomic E-state index is 0.106. The highest BCUT2D eigenvalue weighted by molar-refractivity contribution is 5.77. The summed E-state index contributed by atoms with van der Waals surface area (Å²) in [5, 5.41) is 0. The van der Waals surface area contributed by atoms with Crippen LogP contribution in [0.3, 0.4) is 0 Å². The van der Waals surface area contributed by atoms with Gasteiger partial charge in [-0.05, 0) is 17.5 Å². The molecular weight excluding hydrogens is 293 g/mol. The van der Waals surface area contributed by atoms with E-state index in [1.165, 1.54) is 24.1 Å². The fourth-order valence-corrected chi connectivity index (χ4v) is 2.23. The maximum absolute atomic E-state index is 13.2. The molecule has 0 bridgehead atoms. The van der Waals surface area contributed by atoms with E-state index in [2.05, 4.69) is 0 Å². The molecule has 1 aromatic carbocycles. The normalized spacial score (nSPS) is 13.8. The summed E-state index contributed by atoms with van der Waals surface area (Å²) in [5.74, 6) is -2.32. The molecule has 1 unspecified atom stereocenters. The minimum atomic E-state index is -4.46. The highest BCUT2D eigenvalue weighted by atomic mass is 19.4. The molecule has 0 aliphatic rings. The predicted molar refractivity (Wildman–Crippen MR) is 80.3 cm³/mol. The molecule has 0 saturated carbocycles.